The average Bonchev–Trinajstić information content (AvgIpc) is 2.60. The van der Waals surface area contributed by atoms with E-state index in [0.29, 0.717) is 5.56 Å². The first-order valence-corrected chi connectivity index (χ1v) is 7.85. The number of anilines is 1. The van der Waals surface area contributed by atoms with Gasteiger partial charge < -0.3 is 20.8 Å². The first-order chi connectivity index (χ1) is 11.8. The van der Waals surface area contributed by atoms with Gasteiger partial charge in [-0.05, 0) is 31.4 Å². The van der Waals surface area contributed by atoms with Crippen LogP contribution in [0.25, 0.3) is 0 Å². The molecule has 0 spiro atoms. The number of nitrogens with zero attached hydrogens (tertiary/aromatic N) is 3. The Bertz CT molecular complexity index is 598. The zero-order valence-corrected chi connectivity index (χ0v) is 13.6. The fourth-order valence-corrected chi connectivity index (χ4v) is 2.31. The summed E-state index contributed by atoms with van der Waals surface area (Å²) >= 11 is 0. The molecule has 1 aliphatic rings. The number of pyridine rings is 1. The van der Waals surface area contributed by atoms with E-state index in [0.717, 1.165) is 31.7 Å². The van der Waals surface area contributed by atoms with Crippen LogP contribution in [0, 0.1) is 0 Å². The second kappa shape index (κ2) is 8.54. The van der Waals surface area contributed by atoms with Gasteiger partial charge in [-0.3, -0.25) is 4.79 Å². The summed E-state index contributed by atoms with van der Waals surface area (Å²) in [6.07, 6.45) is 0.562. The van der Waals surface area contributed by atoms with E-state index in [1.165, 1.54) is 12.6 Å². The van der Waals surface area contributed by atoms with E-state index < -0.39 is 25.2 Å². The van der Waals surface area contributed by atoms with Crippen molar-refractivity contribution in [1.29, 1.82) is 0 Å². The van der Waals surface area contributed by atoms with Crippen molar-refractivity contribution in [2.24, 2.45) is 10.9 Å². The monoisotopic (exact) mass is 359 g/mol. The number of alkyl halides is 3. The number of aromatic nitrogens is 1. The standard InChI is InChI=1S/C15H20F3N5O2/c16-15(17,18)10-21-13(24)9-25-22-14(19)11-4-5-12(20-8-11)23-6-2-1-3-7-23/h4-5,8H,1-3,6-7,9-10H2,(H2,19,22)(H,21,24). The van der Waals surface area contributed by atoms with Crippen molar-refractivity contribution >= 4 is 17.6 Å². The Balaban J connectivity index is 1.82. The number of carbonyl (C=O) groups excluding carboxylic acids is 1. The summed E-state index contributed by atoms with van der Waals surface area (Å²) in [7, 11) is 0. The maximum Gasteiger partial charge on any atom is 0.405 e. The number of amides is 1. The molecule has 1 aromatic rings. The number of hydrogen-bond donors (Lipinski definition) is 2. The molecule has 0 aromatic carbocycles. The van der Waals surface area contributed by atoms with Gasteiger partial charge in [0, 0.05) is 24.8 Å². The molecule has 1 aliphatic heterocycles. The molecule has 0 radical (unpaired) electrons. The van der Waals surface area contributed by atoms with Crippen molar-refractivity contribution in [2.45, 2.75) is 25.4 Å². The predicted molar refractivity (Wildman–Crippen MR) is 86.0 cm³/mol. The third kappa shape index (κ3) is 6.48. The molecule has 0 unspecified atom stereocenters. The van der Waals surface area contributed by atoms with Crippen LogP contribution in [0.3, 0.4) is 0 Å². The van der Waals surface area contributed by atoms with E-state index >= 15 is 0 Å². The molecule has 1 aromatic heterocycles. The Hall–Kier alpha value is -2.52. The number of rotatable bonds is 6. The Morgan fingerprint density at radius 3 is 2.64 bits per heavy atom. The van der Waals surface area contributed by atoms with Gasteiger partial charge >= 0.3 is 6.18 Å². The van der Waals surface area contributed by atoms with Crippen LogP contribution in [0.1, 0.15) is 24.8 Å². The van der Waals surface area contributed by atoms with E-state index in [-0.39, 0.29) is 5.84 Å². The minimum Gasteiger partial charge on any atom is -0.384 e. The molecular formula is C15H20F3N5O2. The lowest BCUT2D eigenvalue weighted by Gasteiger charge is -2.27. The number of halogens is 3. The molecule has 1 amide bonds. The molecule has 10 heteroatoms. The Kier molecular flexibility index (Phi) is 6.43. The van der Waals surface area contributed by atoms with Crippen LogP contribution in [0.15, 0.2) is 23.5 Å². The number of nitrogens with two attached hydrogens (primary N) is 1. The number of nitrogens with one attached hydrogen (secondary N) is 1. The van der Waals surface area contributed by atoms with Crippen LogP contribution in [-0.4, -0.2) is 49.1 Å². The molecule has 0 atom stereocenters. The lowest BCUT2D eigenvalue weighted by atomic mass is 10.1. The van der Waals surface area contributed by atoms with Crippen LogP contribution < -0.4 is 16.0 Å². The van der Waals surface area contributed by atoms with Crippen LogP contribution in [-0.2, 0) is 9.63 Å². The number of piperidine rings is 1. The molecule has 25 heavy (non-hydrogen) atoms. The maximum atomic E-state index is 11.9. The predicted octanol–water partition coefficient (Wildman–Crippen LogP) is 1.39. The average molecular weight is 359 g/mol. The molecule has 138 valence electrons. The molecule has 0 aliphatic carbocycles. The lowest BCUT2D eigenvalue weighted by molar-refractivity contribution is -0.141. The topological polar surface area (TPSA) is 92.8 Å². The largest absolute Gasteiger partial charge is 0.405 e. The highest BCUT2D eigenvalue weighted by molar-refractivity contribution is 5.97. The first-order valence-electron chi connectivity index (χ1n) is 7.85. The zero-order chi connectivity index (χ0) is 18.3. The number of hydrogen-bond acceptors (Lipinski definition) is 5. The Morgan fingerprint density at radius 2 is 2.04 bits per heavy atom. The molecule has 2 heterocycles. The fourth-order valence-electron chi connectivity index (χ4n) is 2.31. The van der Waals surface area contributed by atoms with E-state index in [2.05, 4.69) is 19.9 Å². The van der Waals surface area contributed by atoms with Gasteiger partial charge in [0.2, 0.25) is 0 Å². The zero-order valence-electron chi connectivity index (χ0n) is 13.6. The van der Waals surface area contributed by atoms with Gasteiger partial charge in [-0.2, -0.15) is 13.2 Å². The second-order valence-corrected chi connectivity index (χ2v) is 5.59. The summed E-state index contributed by atoms with van der Waals surface area (Å²) in [4.78, 5) is 22.3. The summed E-state index contributed by atoms with van der Waals surface area (Å²) in [6.45, 7) is -0.148. The van der Waals surface area contributed by atoms with Crippen molar-refractivity contribution in [3.63, 3.8) is 0 Å². The first kappa shape index (κ1) is 18.8. The lowest BCUT2D eigenvalue weighted by Crippen LogP contribution is -2.35. The Morgan fingerprint density at radius 1 is 1.32 bits per heavy atom. The molecule has 1 saturated heterocycles. The highest BCUT2D eigenvalue weighted by Gasteiger charge is 2.27. The van der Waals surface area contributed by atoms with Gasteiger partial charge in [0.05, 0.1) is 0 Å². The summed E-state index contributed by atoms with van der Waals surface area (Å²) < 4.78 is 35.8. The van der Waals surface area contributed by atoms with Gasteiger partial charge in [-0.15, -0.1) is 0 Å². The summed E-state index contributed by atoms with van der Waals surface area (Å²) in [5.41, 5.74) is 6.21. The van der Waals surface area contributed by atoms with Crippen LogP contribution in [0.5, 0.6) is 0 Å². The van der Waals surface area contributed by atoms with Gasteiger partial charge in [-0.25, -0.2) is 4.98 Å². The second-order valence-electron chi connectivity index (χ2n) is 5.59. The van der Waals surface area contributed by atoms with Crippen molar-refractivity contribution in [1.82, 2.24) is 10.3 Å². The van der Waals surface area contributed by atoms with E-state index in [1.54, 1.807) is 11.4 Å². The molecule has 0 bridgehead atoms. The van der Waals surface area contributed by atoms with Gasteiger partial charge in [0.15, 0.2) is 12.4 Å². The third-order valence-electron chi connectivity index (χ3n) is 3.57. The van der Waals surface area contributed by atoms with Crippen molar-refractivity contribution in [2.75, 3.05) is 31.1 Å². The normalized spacial score (nSPS) is 15.8. The van der Waals surface area contributed by atoms with Crippen LogP contribution in [0.4, 0.5) is 19.0 Å². The van der Waals surface area contributed by atoms with Gasteiger partial charge in [-0.1, -0.05) is 5.16 Å². The summed E-state index contributed by atoms with van der Waals surface area (Å²) in [5, 5.41) is 5.18. The molecule has 0 saturated carbocycles. The van der Waals surface area contributed by atoms with Crippen LogP contribution in [0.2, 0.25) is 0 Å². The molecule has 1 fully saturated rings. The number of carbonyl (C=O) groups is 1. The smallest absolute Gasteiger partial charge is 0.384 e. The number of amidine groups is 1. The third-order valence-corrected chi connectivity index (χ3v) is 3.57. The number of oxime groups is 1. The fraction of sp³-hybridized carbons (Fsp3) is 0.533. The quantitative estimate of drug-likeness (QED) is 0.455. The maximum absolute atomic E-state index is 11.9. The molecule has 2 rings (SSSR count). The van der Waals surface area contributed by atoms with Gasteiger partial charge in [0.1, 0.15) is 12.4 Å². The summed E-state index contributed by atoms with van der Waals surface area (Å²) in [6, 6.07) is 3.54. The van der Waals surface area contributed by atoms with Crippen LogP contribution >= 0.6 is 0 Å². The highest BCUT2D eigenvalue weighted by Crippen LogP contribution is 2.17. The minimum atomic E-state index is -4.47. The highest BCUT2D eigenvalue weighted by atomic mass is 19.4. The minimum absolute atomic E-state index is 0.0127. The molecule has 7 nitrogen and oxygen atoms in total. The van der Waals surface area contributed by atoms with Crippen molar-refractivity contribution < 1.29 is 22.8 Å². The molecular weight excluding hydrogens is 339 g/mol. The SMILES string of the molecule is N/C(=N\OCC(=O)NCC(F)(F)F)c1ccc(N2CCCCC2)nc1. The summed E-state index contributed by atoms with van der Waals surface area (Å²) in [5.74, 6) is -0.0996. The molecule has 3 N–H and O–H groups in total. The van der Waals surface area contributed by atoms with Gasteiger partial charge in [0.25, 0.3) is 5.91 Å². The van der Waals surface area contributed by atoms with E-state index in [9.17, 15) is 18.0 Å². The van der Waals surface area contributed by atoms with E-state index in [1.807, 2.05) is 6.07 Å². The van der Waals surface area contributed by atoms with Crippen molar-refractivity contribution in [3.8, 4) is 0 Å². The Labute approximate surface area is 143 Å². The van der Waals surface area contributed by atoms with Crippen molar-refractivity contribution in [3.05, 3.63) is 23.9 Å². The van der Waals surface area contributed by atoms with E-state index in [4.69, 9.17) is 5.73 Å².